The summed E-state index contributed by atoms with van der Waals surface area (Å²) in [7, 11) is 0. The number of pyridine rings is 2. The van der Waals surface area contributed by atoms with Crippen LogP contribution in [-0.4, -0.2) is 75.8 Å². The van der Waals surface area contributed by atoms with E-state index in [1.54, 1.807) is 91.3 Å². The second-order valence-electron chi connectivity index (χ2n) is 20.5. The van der Waals surface area contributed by atoms with Crippen molar-refractivity contribution in [1.82, 2.24) is 20.2 Å². The molecule has 13 nitrogen and oxygen atoms in total. The van der Waals surface area contributed by atoms with Crippen molar-refractivity contribution < 1.29 is 46.3 Å². The third-order valence-electron chi connectivity index (χ3n) is 14.3. The SMILES string of the molecule is CC1CCNCC1.Cc1cc(-c2ccc(C(=O)N3CCC(C(F)(F)F)CC3)cc2)cc2cc(CCC(=O)/C=C/c3ccc(N)nc3)oc12.Cc1cc(-c2ccc(C(=O)O)cc2)cc2cc(CCC(=O)/C=C/c3ccc(N)nc3)oc12. The Kier molecular flexibility index (Phi) is 19.0. The van der Waals surface area contributed by atoms with E-state index in [0.29, 0.717) is 48.6 Å². The summed E-state index contributed by atoms with van der Waals surface area (Å²) in [5.41, 5.74) is 20.7. The molecular formula is C64H65F3N6O7. The average molecular weight is 1090 g/mol. The molecule has 0 spiro atoms. The van der Waals surface area contributed by atoms with Gasteiger partial charge in [0.1, 0.15) is 34.3 Å². The number of hydrogen-bond acceptors (Lipinski definition) is 11. The highest BCUT2D eigenvalue weighted by Crippen LogP contribution is 2.36. The van der Waals surface area contributed by atoms with Crippen LogP contribution >= 0.6 is 0 Å². The van der Waals surface area contributed by atoms with E-state index < -0.39 is 18.1 Å². The van der Waals surface area contributed by atoms with Crippen molar-refractivity contribution in [2.24, 2.45) is 11.8 Å². The van der Waals surface area contributed by atoms with Crippen molar-refractivity contribution in [3.05, 3.63) is 179 Å². The van der Waals surface area contributed by atoms with E-state index >= 15 is 0 Å². The van der Waals surface area contributed by atoms with Gasteiger partial charge in [0.2, 0.25) is 0 Å². The zero-order valence-electron chi connectivity index (χ0n) is 45.0. The number of aromatic carboxylic acids is 1. The van der Waals surface area contributed by atoms with E-state index in [1.807, 2.05) is 62.4 Å². The lowest BCUT2D eigenvalue weighted by atomic mass is 9.95. The first-order valence-corrected chi connectivity index (χ1v) is 26.8. The van der Waals surface area contributed by atoms with E-state index in [1.165, 1.54) is 36.9 Å². The Bertz CT molecular complexity index is 3500. The number of benzene rings is 4. The van der Waals surface area contributed by atoms with Crippen molar-refractivity contribution in [2.45, 2.75) is 78.3 Å². The quantitative estimate of drug-likeness (QED) is 0.0750. The molecule has 414 valence electrons. The fourth-order valence-electron chi connectivity index (χ4n) is 9.58. The maximum Gasteiger partial charge on any atom is 0.391 e. The second-order valence-corrected chi connectivity index (χ2v) is 20.5. The molecule has 2 saturated heterocycles. The van der Waals surface area contributed by atoms with E-state index in [9.17, 15) is 32.3 Å². The van der Waals surface area contributed by atoms with Gasteiger partial charge in [-0.15, -0.1) is 0 Å². The first-order valence-electron chi connectivity index (χ1n) is 26.8. The highest BCUT2D eigenvalue weighted by molar-refractivity contribution is 5.96. The minimum atomic E-state index is -4.21. The fourth-order valence-corrected chi connectivity index (χ4v) is 9.58. The molecule has 0 bridgehead atoms. The molecule has 1 amide bonds. The van der Waals surface area contributed by atoms with Crippen LogP contribution in [0.3, 0.4) is 0 Å². The summed E-state index contributed by atoms with van der Waals surface area (Å²) < 4.78 is 50.9. The first kappa shape index (κ1) is 57.5. The molecule has 10 rings (SSSR count). The maximum absolute atomic E-state index is 13.0. The van der Waals surface area contributed by atoms with Gasteiger partial charge in [-0.2, -0.15) is 13.2 Å². The number of anilines is 2. The molecule has 2 aliphatic heterocycles. The highest BCUT2D eigenvalue weighted by Gasteiger charge is 2.41. The number of rotatable bonds is 14. The molecule has 16 heteroatoms. The Balaban J connectivity index is 0.000000191. The number of nitrogens with two attached hydrogens (primary N) is 2. The van der Waals surface area contributed by atoms with E-state index in [2.05, 4.69) is 22.2 Å². The van der Waals surface area contributed by atoms with Gasteiger partial charge < -0.3 is 35.6 Å². The van der Waals surface area contributed by atoms with Crippen molar-refractivity contribution in [3.63, 3.8) is 0 Å². The number of carbonyl (C=O) groups is 4. The molecule has 0 atom stereocenters. The number of ketones is 2. The smallest absolute Gasteiger partial charge is 0.391 e. The van der Waals surface area contributed by atoms with Gasteiger partial charge in [-0.3, -0.25) is 14.4 Å². The topological polar surface area (TPSA) is 208 Å². The van der Waals surface area contributed by atoms with Crippen LogP contribution in [0.1, 0.15) is 99.9 Å². The highest BCUT2D eigenvalue weighted by atomic mass is 19.4. The summed E-state index contributed by atoms with van der Waals surface area (Å²) in [4.78, 5) is 58.0. The van der Waals surface area contributed by atoms with Crippen LogP contribution in [0.15, 0.2) is 143 Å². The lowest BCUT2D eigenvalue weighted by Crippen LogP contribution is -2.42. The number of aromatic nitrogens is 2. The van der Waals surface area contributed by atoms with Gasteiger partial charge in [-0.05, 0) is 212 Å². The number of piperidine rings is 2. The number of nitrogen functional groups attached to an aromatic ring is 2. The Labute approximate surface area is 462 Å². The van der Waals surface area contributed by atoms with E-state index in [-0.39, 0.29) is 49.0 Å². The number of carbonyl (C=O) groups excluding carboxylic acids is 3. The number of amides is 1. The monoisotopic (exact) mass is 1090 g/mol. The summed E-state index contributed by atoms with van der Waals surface area (Å²) in [5.74, 6) is 0.724. The standard InChI is InChI=1S/C32H30F3N3O3.C26H22N2O4.C6H13N/c1-20-16-24(22-4-6-23(7-5-22)31(40)38-14-12-26(13-15-38)32(33,34)35)17-25-18-28(41-30(20)25)10-9-27(39)8-2-21-3-11-29(36)37-19-21;1-16-12-20(18-4-6-19(7-5-18)26(30)31)13-21-14-23(32-25(16)21)10-9-22(29)8-2-17-3-11-24(27)28-15-17;1-6-2-4-7-5-3-6/h2-8,11,16-19,26H,9-10,12-15H2,1H3,(H2,36,37);2-8,11-15H,9-10H2,1H3,(H2,27,28)(H,30,31);6-7H,2-5H2,1H3/b2*8-2+;. The number of nitrogens with zero attached hydrogens (tertiary/aromatic N) is 3. The zero-order valence-corrected chi connectivity index (χ0v) is 45.0. The van der Waals surface area contributed by atoms with Crippen molar-refractivity contribution in [3.8, 4) is 22.3 Å². The summed E-state index contributed by atoms with van der Waals surface area (Å²) in [6.45, 7) is 8.93. The molecule has 0 unspecified atom stereocenters. The Hall–Kier alpha value is -8.63. The van der Waals surface area contributed by atoms with Crippen LogP contribution < -0.4 is 16.8 Å². The molecule has 6 N–H and O–H groups in total. The lowest BCUT2D eigenvalue weighted by molar-refractivity contribution is -0.183. The first-order chi connectivity index (χ1) is 38.3. The number of nitrogens with one attached hydrogen (secondary N) is 1. The van der Waals surface area contributed by atoms with Crippen molar-refractivity contribution in [2.75, 3.05) is 37.6 Å². The number of carboxylic acids is 1. The number of hydrogen-bond donors (Lipinski definition) is 4. The van der Waals surface area contributed by atoms with Crippen molar-refractivity contribution >= 4 is 69.2 Å². The molecule has 0 saturated carbocycles. The van der Waals surface area contributed by atoms with Crippen LogP contribution in [0.4, 0.5) is 24.8 Å². The summed E-state index contributed by atoms with van der Waals surface area (Å²) in [5, 5.41) is 14.3. The molecular weight excluding hydrogens is 1020 g/mol. The Morgan fingerprint density at radius 3 is 1.48 bits per heavy atom. The molecule has 80 heavy (non-hydrogen) atoms. The average Bonchev–Trinajstić information content (AvgIpc) is 4.09. The van der Waals surface area contributed by atoms with E-state index in [4.69, 9.17) is 25.4 Å². The number of fused-ring (bicyclic) bond motifs is 2. The molecule has 4 aromatic heterocycles. The number of likely N-dealkylation sites (tertiary alicyclic amines) is 1. The molecule has 0 radical (unpaired) electrons. The number of aryl methyl sites for hydroxylation is 4. The number of halogens is 3. The van der Waals surface area contributed by atoms with Crippen LogP contribution in [0.5, 0.6) is 0 Å². The molecule has 4 aromatic carbocycles. The number of alkyl halides is 3. The summed E-state index contributed by atoms with van der Waals surface area (Å²) in [6, 6.07) is 32.8. The van der Waals surface area contributed by atoms with Gasteiger partial charge in [0, 0.05) is 67.5 Å². The normalized spacial score (nSPS) is 14.2. The molecule has 0 aliphatic carbocycles. The zero-order chi connectivity index (χ0) is 56.9. The largest absolute Gasteiger partial charge is 0.478 e. The van der Waals surface area contributed by atoms with Crippen LogP contribution in [0.25, 0.3) is 56.3 Å². The third-order valence-corrected chi connectivity index (χ3v) is 14.3. The van der Waals surface area contributed by atoms with Gasteiger partial charge in [0.05, 0.1) is 11.5 Å². The molecule has 6 heterocycles. The summed E-state index contributed by atoms with van der Waals surface area (Å²) in [6.07, 6.45) is 9.73. The fraction of sp³-hybridized carbons (Fsp3) is 0.281. The third kappa shape index (κ3) is 15.8. The van der Waals surface area contributed by atoms with Crippen LogP contribution in [-0.2, 0) is 22.4 Å². The van der Waals surface area contributed by atoms with Gasteiger partial charge in [-0.25, -0.2) is 14.8 Å². The second kappa shape index (κ2) is 26.3. The van der Waals surface area contributed by atoms with Crippen molar-refractivity contribution in [1.29, 1.82) is 0 Å². The maximum atomic E-state index is 13.0. The molecule has 2 aliphatic rings. The number of allylic oxidation sites excluding steroid dienone is 2. The molecule has 8 aromatic rings. The Morgan fingerprint density at radius 2 is 1.09 bits per heavy atom. The summed E-state index contributed by atoms with van der Waals surface area (Å²) >= 11 is 0. The van der Waals surface area contributed by atoms with Gasteiger partial charge in [0.15, 0.2) is 11.6 Å². The van der Waals surface area contributed by atoms with Crippen LogP contribution in [0, 0.1) is 25.7 Å². The molecule has 2 fully saturated rings. The van der Waals surface area contributed by atoms with Crippen LogP contribution in [0.2, 0.25) is 0 Å². The number of furan rings is 2. The van der Waals surface area contributed by atoms with E-state index in [0.717, 1.165) is 78.1 Å². The predicted molar refractivity (Wildman–Crippen MR) is 308 cm³/mol. The predicted octanol–water partition coefficient (Wildman–Crippen LogP) is 13.3. The number of carboxylic acid groups (broad SMARTS) is 1. The minimum absolute atomic E-state index is 0.00166. The van der Waals surface area contributed by atoms with Gasteiger partial charge in [-0.1, -0.05) is 31.2 Å². The minimum Gasteiger partial charge on any atom is -0.478 e. The van der Waals surface area contributed by atoms with Gasteiger partial charge >= 0.3 is 12.1 Å². The Morgan fingerprint density at radius 1 is 0.637 bits per heavy atom. The van der Waals surface area contributed by atoms with Gasteiger partial charge in [0.25, 0.3) is 5.91 Å². The lowest BCUT2D eigenvalue weighted by Gasteiger charge is -2.33.